The van der Waals surface area contributed by atoms with Crippen LogP contribution in [0.15, 0.2) is 91.6 Å². The molecule has 1 aliphatic heterocycles. The van der Waals surface area contributed by atoms with Gasteiger partial charge in [-0.05, 0) is 81.1 Å². The first kappa shape index (κ1) is 40.5. The molecule has 1 saturated heterocycles. The molecule has 0 radical (unpaired) electrons. The molecule has 4 aromatic rings. The van der Waals surface area contributed by atoms with Crippen LogP contribution in [0.2, 0.25) is 5.02 Å². The number of carbonyl (C=O) groups is 4. The zero-order valence-corrected chi connectivity index (χ0v) is 33.9. The van der Waals surface area contributed by atoms with Crippen LogP contribution in [0.5, 0.6) is 11.6 Å². The maximum absolute atomic E-state index is 14.2. The average Bonchev–Trinajstić information content (AvgIpc) is 4.14. The first-order chi connectivity index (χ1) is 27.6. The van der Waals surface area contributed by atoms with E-state index in [0.717, 1.165) is 5.56 Å². The Morgan fingerprint density at radius 1 is 1.03 bits per heavy atom. The van der Waals surface area contributed by atoms with Crippen molar-refractivity contribution in [2.45, 2.75) is 68.0 Å². The van der Waals surface area contributed by atoms with E-state index in [2.05, 4.69) is 32.2 Å². The summed E-state index contributed by atoms with van der Waals surface area (Å²) in [5.41, 5.74) is -0.210. The van der Waals surface area contributed by atoms with Crippen LogP contribution in [0.25, 0.3) is 10.8 Å². The Kier molecular flexibility index (Phi) is 11.1. The number of amides is 4. The van der Waals surface area contributed by atoms with Gasteiger partial charge in [-0.3, -0.25) is 23.9 Å². The minimum atomic E-state index is -3.90. The Labute approximate surface area is 341 Å². The number of hydrogen-bond acceptors (Lipinski definition) is 10. The Hall–Kier alpha value is -5.67. The van der Waals surface area contributed by atoms with Crippen molar-refractivity contribution in [3.63, 3.8) is 0 Å². The van der Waals surface area contributed by atoms with E-state index in [0.29, 0.717) is 45.6 Å². The number of carbonyl (C=O) groups excluding carboxylic acids is 4. The van der Waals surface area contributed by atoms with Gasteiger partial charge in [0.1, 0.15) is 23.4 Å². The second-order valence-corrected chi connectivity index (χ2v) is 17.8. The van der Waals surface area contributed by atoms with Crippen LogP contribution >= 0.6 is 11.6 Å². The molecule has 16 heteroatoms. The van der Waals surface area contributed by atoms with Crippen molar-refractivity contribution in [1.29, 1.82) is 0 Å². The topological polar surface area (TPSA) is 185 Å². The minimum absolute atomic E-state index is 0.00911. The lowest BCUT2D eigenvalue weighted by atomic mass is 9.94. The largest absolute Gasteiger partial charge is 0.494 e. The van der Waals surface area contributed by atoms with Crippen molar-refractivity contribution < 1.29 is 37.1 Å². The number of nitrogens with one attached hydrogen (secondary N) is 4. The number of benzene rings is 3. The molecule has 2 saturated carbocycles. The molecule has 0 spiro atoms. The molecule has 7 rings (SSSR count). The van der Waals surface area contributed by atoms with Crippen molar-refractivity contribution in [3.8, 4) is 11.6 Å². The van der Waals surface area contributed by atoms with E-state index in [-0.39, 0.29) is 37.7 Å². The molecule has 4 atom stereocenters. The molecule has 3 fully saturated rings. The molecule has 3 aliphatic rings. The van der Waals surface area contributed by atoms with Crippen molar-refractivity contribution in [3.05, 3.63) is 108 Å². The number of likely N-dealkylation sites (tertiary alicyclic amines) is 1. The number of halogens is 1. The van der Waals surface area contributed by atoms with E-state index in [1.165, 1.54) is 24.3 Å². The summed E-state index contributed by atoms with van der Waals surface area (Å²) in [6, 6.07) is 20.4. The van der Waals surface area contributed by atoms with Crippen LogP contribution in [-0.2, 0) is 29.9 Å². The number of fused-ring (bicyclic) bond motifs is 1. The summed E-state index contributed by atoms with van der Waals surface area (Å²) in [7, 11) is -2.38. The van der Waals surface area contributed by atoms with Crippen molar-refractivity contribution >= 4 is 61.7 Å². The van der Waals surface area contributed by atoms with Crippen molar-refractivity contribution in [2.75, 3.05) is 25.5 Å². The van der Waals surface area contributed by atoms with Crippen LogP contribution in [0, 0.1) is 5.92 Å². The van der Waals surface area contributed by atoms with E-state index in [9.17, 15) is 27.6 Å². The van der Waals surface area contributed by atoms with Gasteiger partial charge in [-0.15, -0.1) is 6.58 Å². The monoisotopic (exact) mass is 828 g/mol. The first-order valence-corrected chi connectivity index (χ1v) is 20.9. The lowest BCUT2D eigenvalue weighted by Gasteiger charge is -2.27. The third kappa shape index (κ3) is 8.46. The minimum Gasteiger partial charge on any atom is -0.494 e. The highest BCUT2D eigenvalue weighted by molar-refractivity contribution is 7.91. The summed E-state index contributed by atoms with van der Waals surface area (Å²) in [6.07, 6.45) is 3.40. The van der Waals surface area contributed by atoms with Crippen LogP contribution < -0.4 is 30.1 Å². The standard InChI is InChI=1S/C42H45ClN6O8S/c1-5-26-21-42(26,40(53)48-58(54,55)31-16-17-31)47-38(52)34-20-30(57-39-33-19-28(43)13-18-32(33)35(56-4)22-45-39)24-49(34)36(50)23-44-29-14-11-25(12-15-29)37(51)46-41(2,3)27-9-7-6-8-10-27/h5-15,18-19,22,26,30-31,34,44H,1,16-17,20-21,23-24H2,2-4H3,(H,46,51)(H,47,52)(H,48,53)/t26-,30-,34+,42-/m1/s1. The predicted molar refractivity (Wildman–Crippen MR) is 219 cm³/mol. The maximum atomic E-state index is 14.2. The molecule has 58 heavy (non-hydrogen) atoms. The Morgan fingerprint density at radius 3 is 2.41 bits per heavy atom. The summed E-state index contributed by atoms with van der Waals surface area (Å²) >= 11 is 6.33. The fraction of sp³-hybridized carbons (Fsp3) is 0.357. The number of aromatic nitrogens is 1. The summed E-state index contributed by atoms with van der Waals surface area (Å²) in [5, 5.41) is 9.99. The maximum Gasteiger partial charge on any atom is 0.259 e. The van der Waals surface area contributed by atoms with E-state index < -0.39 is 62.1 Å². The number of pyridine rings is 1. The fourth-order valence-electron chi connectivity index (χ4n) is 7.31. The van der Waals surface area contributed by atoms with Crippen LogP contribution in [0.4, 0.5) is 5.69 Å². The summed E-state index contributed by atoms with van der Waals surface area (Å²) in [6.45, 7) is 7.38. The molecule has 4 N–H and O–H groups in total. The SMILES string of the molecule is C=C[C@@H]1C[C@]1(NC(=O)[C@@H]1C[C@@H](Oc2ncc(OC)c3ccc(Cl)cc23)CN1C(=O)CNc1ccc(C(=O)NC(C)(C)c2ccccc2)cc1)C(=O)NS(=O)(=O)C1CC1. The summed E-state index contributed by atoms with van der Waals surface area (Å²) < 4.78 is 39.4. The van der Waals surface area contributed by atoms with Gasteiger partial charge in [0, 0.05) is 39.4 Å². The second kappa shape index (κ2) is 15.9. The number of anilines is 1. The normalized spacial score (nSPS) is 21.4. The Morgan fingerprint density at radius 2 is 1.76 bits per heavy atom. The highest BCUT2D eigenvalue weighted by atomic mass is 35.5. The van der Waals surface area contributed by atoms with E-state index in [1.54, 1.807) is 42.5 Å². The Bertz CT molecular complexity index is 2370. The molecule has 0 unspecified atom stereocenters. The fourth-order valence-corrected chi connectivity index (χ4v) is 8.84. The molecule has 304 valence electrons. The zero-order valence-electron chi connectivity index (χ0n) is 32.3. The lowest BCUT2D eigenvalue weighted by Crippen LogP contribution is -2.57. The van der Waals surface area contributed by atoms with E-state index >= 15 is 0 Å². The molecule has 1 aromatic heterocycles. The average molecular weight is 829 g/mol. The van der Waals surface area contributed by atoms with Crippen LogP contribution in [0.3, 0.4) is 0 Å². The van der Waals surface area contributed by atoms with Gasteiger partial charge in [0.05, 0.1) is 37.2 Å². The molecule has 4 amide bonds. The van der Waals surface area contributed by atoms with Crippen molar-refractivity contribution in [1.82, 2.24) is 25.2 Å². The first-order valence-electron chi connectivity index (χ1n) is 18.9. The van der Waals surface area contributed by atoms with Gasteiger partial charge in [0.25, 0.3) is 11.8 Å². The van der Waals surface area contributed by atoms with E-state index in [4.69, 9.17) is 21.1 Å². The third-order valence-corrected chi connectivity index (χ3v) is 13.0. The second-order valence-electron chi connectivity index (χ2n) is 15.4. The molecule has 3 aromatic carbocycles. The van der Waals surface area contributed by atoms with Crippen LogP contribution in [-0.4, -0.2) is 85.1 Å². The molecule has 14 nitrogen and oxygen atoms in total. The molecule has 2 aliphatic carbocycles. The zero-order chi connectivity index (χ0) is 41.4. The smallest absolute Gasteiger partial charge is 0.259 e. The predicted octanol–water partition coefficient (Wildman–Crippen LogP) is 4.69. The number of sulfonamides is 1. The molecular formula is C42H45ClN6O8S. The number of ether oxygens (including phenoxy) is 2. The van der Waals surface area contributed by atoms with Gasteiger partial charge in [0.15, 0.2) is 0 Å². The summed E-state index contributed by atoms with van der Waals surface area (Å²) in [5.74, 6) is -1.98. The highest BCUT2D eigenvalue weighted by Crippen LogP contribution is 2.45. The van der Waals surface area contributed by atoms with Crippen LogP contribution in [0.1, 0.15) is 55.5 Å². The quantitative estimate of drug-likeness (QED) is 0.123. The number of rotatable bonds is 15. The van der Waals surface area contributed by atoms with Gasteiger partial charge >= 0.3 is 0 Å². The third-order valence-electron chi connectivity index (χ3n) is 10.9. The van der Waals surface area contributed by atoms with Crippen molar-refractivity contribution in [2.24, 2.45) is 5.92 Å². The summed E-state index contributed by atoms with van der Waals surface area (Å²) in [4.78, 5) is 60.6. The van der Waals surface area contributed by atoms with Gasteiger partial charge in [0.2, 0.25) is 27.7 Å². The number of nitrogens with zero attached hydrogens (tertiary/aromatic N) is 2. The number of methoxy groups -OCH3 is 1. The Balaban J connectivity index is 1.07. The lowest BCUT2D eigenvalue weighted by molar-refractivity contribution is -0.138. The molecule has 2 heterocycles. The number of hydrogen-bond donors (Lipinski definition) is 4. The van der Waals surface area contributed by atoms with Gasteiger partial charge in [-0.25, -0.2) is 13.4 Å². The van der Waals surface area contributed by atoms with E-state index in [1.807, 2.05) is 44.2 Å². The van der Waals surface area contributed by atoms with Gasteiger partial charge in [-0.1, -0.05) is 48.0 Å². The van der Waals surface area contributed by atoms with Gasteiger partial charge in [-0.2, -0.15) is 0 Å². The molecule has 0 bridgehead atoms. The molecular weight excluding hydrogens is 784 g/mol. The van der Waals surface area contributed by atoms with Gasteiger partial charge < -0.3 is 30.3 Å². The highest BCUT2D eigenvalue weighted by Gasteiger charge is 2.62.